The predicted molar refractivity (Wildman–Crippen MR) is 113 cm³/mol. The third-order valence-corrected chi connectivity index (χ3v) is 4.98. The van der Waals surface area contributed by atoms with E-state index in [1.54, 1.807) is 23.0 Å². The highest BCUT2D eigenvalue weighted by Crippen LogP contribution is 2.30. The molecule has 5 nitrogen and oxygen atoms in total. The van der Waals surface area contributed by atoms with Crippen molar-refractivity contribution in [3.05, 3.63) is 89.9 Å². The third-order valence-electron chi connectivity index (χ3n) is 4.65. The molecule has 0 aliphatic heterocycles. The first-order chi connectivity index (χ1) is 14.2. The summed E-state index contributed by atoms with van der Waals surface area (Å²) in [5, 5.41) is 8.87. The number of nitrogens with one attached hydrogen (secondary N) is 1. The minimum atomic E-state index is -0.271. The number of halogens is 2. The zero-order valence-corrected chi connectivity index (χ0v) is 16.6. The molecule has 4 aromatic rings. The van der Waals surface area contributed by atoms with E-state index in [0.29, 0.717) is 11.6 Å². The first-order valence-electron chi connectivity index (χ1n) is 9.46. The average Bonchev–Trinajstić information content (AvgIpc) is 3.39. The van der Waals surface area contributed by atoms with Crippen LogP contribution in [0.4, 0.5) is 4.39 Å². The molecule has 0 radical (unpaired) electrons. The fourth-order valence-corrected chi connectivity index (χ4v) is 3.40. The van der Waals surface area contributed by atoms with Crippen molar-refractivity contribution in [2.24, 2.45) is 0 Å². The summed E-state index contributed by atoms with van der Waals surface area (Å²) in [6.45, 7) is 2.44. The van der Waals surface area contributed by atoms with Gasteiger partial charge in [0.1, 0.15) is 5.82 Å². The van der Waals surface area contributed by atoms with Gasteiger partial charge in [-0.2, -0.15) is 5.10 Å². The Morgan fingerprint density at radius 1 is 1.07 bits per heavy atom. The fraction of sp³-hybridized carbons (Fsp3) is 0.182. The van der Waals surface area contributed by atoms with Crippen molar-refractivity contribution in [2.75, 3.05) is 6.54 Å². The van der Waals surface area contributed by atoms with Crippen LogP contribution in [0.25, 0.3) is 16.9 Å². The standard InChI is InChI=1S/C22H21ClFN5/c23-21-5-2-1-4-20(21)22-17(14-25-10-3-12-28-13-11-26-16-28)15-29(27-22)19-8-6-18(24)7-9-19/h1-2,4-9,11,13,15-16,25H,3,10,12,14H2. The van der Waals surface area contributed by atoms with Gasteiger partial charge in [0.15, 0.2) is 0 Å². The predicted octanol–water partition coefficient (Wildman–Crippen LogP) is 4.71. The van der Waals surface area contributed by atoms with E-state index in [9.17, 15) is 4.39 Å². The number of rotatable bonds is 8. The van der Waals surface area contributed by atoms with Gasteiger partial charge in [0.2, 0.25) is 0 Å². The Balaban J connectivity index is 1.52. The summed E-state index contributed by atoms with van der Waals surface area (Å²) < 4.78 is 17.1. The lowest BCUT2D eigenvalue weighted by atomic mass is 10.1. The van der Waals surface area contributed by atoms with Crippen LogP contribution in [0.1, 0.15) is 12.0 Å². The van der Waals surface area contributed by atoms with E-state index in [1.165, 1.54) is 12.1 Å². The normalized spacial score (nSPS) is 11.1. The highest BCUT2D eigenvalue weighted by atomic mass is 35.5. The van der Waals surface area contributed by atoms with Crippen molar-refractivity contribution in [2.45, 2.75) is 19.5 Å². The molecule has 0 bridgehead atoms. The summed E-state index contributed by atoms with van der Waals surface area (Å²) in [6.07, 6.45) is 8.52. The van der Waals surface area contributed by atoms with Gasteiger partial charge in [-0.3, -0.25) is 0 Å². The lowest BCUT2D eigenvalue weighted by molar-refractivity contribution is 0.581. The third kappa shape index (κ3) is 4.72. The molecular weight excluding hydrogens is 389 g/mol. The highest BCUT2D eigenvalue weighted by molar-refractivity contribution is 6.33. The molecule has 2 aromatic carbocycles. The molecule has 2 heterocycles. The van der Waals surface area contributed by atoms with E-state index in [1.807, 2.05) is 43.0 Å². The largest absolute Gasteiger partial charge is 0.337 e. The second-order valence-corrected chi connectivity index (χ2v) is 7.14. The molecule has 0 atom stereocenters. The minimum absolute atomic E-state index is 0.271. The van der Waals surface area contributed by atoms with Crippen LogP contribution in [0.15, 0.2) is 73.4 Å². The Morgan fingerprint density at radius 2 is 1.90 bits per heavy atom. The molecule has 2 aromatic heterocycles. The lowest BCUT2D eigenvalue weighted by Gasteiger charge is -2.07. The van der Waals surface area contributed by atoms with Crippen molar-refractivity contribution in [3.8, 4) is 16.9 Å². The minimum Gasteiger partial charge on any atom is -0.337 e. The molecule has 148 valence electrons. The van der Waals surface area contributed by atoms with Gasteiger partial charge in [-0.15, -0.1) is 0 Å². The average molecular weight is 410 g/mol. The van der Waals surface area contributed by atoms with Gasteiger partial charge >= 0.3 is 0 Å². The van der Waals surface area contributed by atoms with Crippen LogP contribution in [0, 0.1) is 5.82 Å². The van der Waals surface area contributed by atoms with Crippen LogP contribution < -0.4 is 5.32 Å². The van der Waals surface area contributed by atoms with Crippen LogP contribution >= 0.6 is 11.6 Å². The summed E-state index contributed by atoms with van der Waals surface area (Å²) in [7, 11) is 0. The maximum Gasteiger partial charge on any atom is 0.123 e. The van der Waals surface area contributed by atoms with Gasteiger partial charge in [0.05, 0.1) is 22.7 Å². The van der Waals surface area contributed by atoms with Crippen molar-refractivity contribution >= 4 is 11.6 Å². The number of imidazole rings is 1. The van der Waals surface area contributed by atoms with E-state index in [4.69, 9.17) is 16.7 Å². The Morgan fingerprint density at radius 3 is 2.66 bits per heavy atom. The molecule has 29 heavy (non-hydrogen) atoms. The van der Waals surface area contributed by atoms with Gasteiger partial charge in [0.25, 0.3) is 0 Å². The Hall–Kier alpha value is -2.96. The van der Waals surface area contributed by atoms with E-state index in [0.717, 1.165) is 42.0 Å². The van der Waals surface area contributed by atoms with E-state index >= 15 is 0 Å². The molecule has 0 aliphatic carbocycles. The summed E-state index contributed by atoms with van der Waals surface area (Å²) in [4.78, 5) is 4.05. The Labute approximate surface area is 173 Å². The SMILES string of the molecule is Fc1ccc(-n2cc(CNCCCn3ccnc3)c(-c3ccccc3Cl)n2)cc1. The number of nitrogens with zero attached hydrogens (tertiary/aromatic N) is 4. The van der Waals surface area contributed by atoms with Gasteiger partial charge in [0, 0.05) is 42.8 Å². The topological polar surface area (TPSA) is 47.7 Å². The number of aromatic nitrogens is 4. The number of hydrogen-bond acceptors (Lipinski definition) is 3. The van der Waals surface area contributed by atoms with Crippen molar-refractivity contribution in [1.29, 1.82) is 0 Å². The monoisotopic (exact) mass is 409 g/mol. The molecule has 7 heteroatoms. The van der Waals surface area contributed by atoms with Gasteiger partial charge in [-0.05, 0) is 43.3 Å². The molecule has 0 unspecified atom stereocenters. The highest BCUT2D eigenvalue weighted by Gasteiger charge is 2.14. The van der Waals surface area contributed by atoms with Crippen molar-refractivity contribution in [1.82, 2.24) is 24.6 Å². The Kier molecular flexibility index (Phi) is 6.03. The molecule has 0 aliphatic rings. The van der Waals surface area contributed by atoms with Gasteiger partial charge < -0.3 is 9.88 Å². The molecule has 1 N–H and O–H groups in total. The lowest BCUT2D eigenvalue weighted by Crippen LogP contribution is -2.16. The van der Waals surface area contributed by atoms with E-state index in [2.05, 4.69) is 14.9 Å². The maximum absolute atomic E-state index is 13.3. The van der Waals surface area contributed by atoms with E-state index in [-0.39, 0.29) is 5.82 Å². The van der Waals surface area contributed by atoms with Crippen molar-refractivity contribution < 1.29 is 4.39 Å². The molecule has 0 saturated heterocycles. The number of benzene rings is 2. The zero-order valence-electron chi connectivity index (χ0n) is 15.8. The van der Waals surface area contributed by atoms with Crippen LogP contribution in [0.2, 0.25) is 5.02 Å². The molecule has 0 spiro atoms. The Bertz CT molecular complexity index is 1060. The van der Waals surface area contributed by atoms with E-state index < -0.39 is 0 Å². The number of aryl methyl sites for hydroxylation is 1. The summed E-state index contributed by atoms with van der Waals surface area (Å²) in [5.74, 6) is -0.271. The second-order valence-electron chi connectivity index (χ2n) is 6.73. The van der Waals surface area contributed by atoms with Crippen LogP contribution in [-0.4, -0.2) is 25.9 Å². The van der Waals surface area contributed by atoms with Gasteiger partial charge in [-0.25, -0.2) is 14.1 Å². The smallest absolute Gasteiger partial charge is 0.123 e. The zero-order chi connectivity index (χ0) is 20.1. The first kappa shape index (κ1) is 19.4. The maximum atomic E-state index is 13.3. The molecular formula is C22H21ClFN5. The van der Waals surface area contributed by atoms with Crippen LogP contribution in [-0.2, 0) is 13.1 Å². The molecule has 0 amide bonds. The fourth-order valence-electron chi connectivity index (χ4n) is 3.17. The first-order valence-corrected chi connectivity index (χ1v) is 9.84. The number of hydrogen-bond donors (Lipinski definition) is 1. The van der Waals surface area contributed by atoms with Crippen LogP contribution in [0.3, 0.4) is 0 Å². The summed E-state index contributed by atoms with van der Waals surface area (Å²) in [6, 6.07) is 13.9. The summed E-state index contributed by atoms with van der Waals surface area (Å²) in [5.41, 5.74) is 3.53. The second kappa shape index (κ2) is 9.03. The van der Waals surface area contributed by atoms with Gasteiger partial charge in [-0.1, -0.05) is 29.8 Å². The molecule has 0 saturated carbocycles. The van der Waals surface area contributed by atoms with Crippen LogP contribution in [0.5, 0.6) is 0 Å². The van der Waals surface area contributed by atoms with Crippen molar-refractivity contribution in [3.63, 3.8) is 0 Å². The summed E-state index contributed by atoms with van der Waals surface area (Å²) >= 11 is 6.42. The molecule has 4 rings (SSSR count). The quantitative estimate of drug-likeness (QED) is 0.429. The molecule has 0 fully saturated rings.